The molecule has 2 amide bonds. The van der Waals surface area contributed by atoms with E-state index in [0.29, 0.717) is 19.6 Å². The molecule has 0 unspecified atom stereocenters. The first-order valence-corrected chi connectivity index (χ1v) is 5.26. The summed E-state index contributed by atoms with van der Waals surface area (Å²) in [4.78, 5) is 14.7. The van der Waals surface area contributed by atoms with E-state index >= 15 is 0 Å². The van der Waals surface area contributed by atoms with Gasteiger partial charge in [-0.3, -0.25) is 4.90 Å². The van der Waals surface area contributed by atoms with Gasteiger partial charge >= 0.3 is 6.03 Å². The standard InChI is InChI=1S/C12H12F2N2O/c1-2-5-15-6-7-16(12(15)17)11-4-3-9(13)8-10(11)14/h2-4,8H,1,5-7H2. The first-order valence-electron chi connectivity index (χ1n) is 5.26. The highest BCUT2D eigenvalue weighted by Gasteiger charge is 2.30. The Morgan fingerprint density at radius 1 is 1.35 bits per heavy atom. The van der Waals surface area contributed by atoms with Gasteiger partial charge in [0.15, 0.2) is 0 Å². The topological polar surface area (TPSA) is 23.6 Å². The number of benzene rings is 1. The van der Waals surface area contributed by atoms with Crippen LogP contribution in [0.15, 0.2) is 30.9 Å². The molecule has 1 heterocycles. The Bertz CT molecular complexity index is 462. The second-order valence-corrected chi connectivity index (χ2v) is 3.76. The minimum Gasteiger partial charge on any atom is -0.319 e. The van der Waals surface area contributed by atoms with Crippen molar-refractivity contribution in [2.45, 2.75) is 0 Å². The maximum Gasteiger partial charge on any atom is 0.324 e. The summed E-state index contributed by atoms with van der Waals surface area (Å²) in [7, 11) is 0. The highest BCUT2D eigenvalue weighted by Crippen LogP contribution is 2.24. The van der Waals surface area contributed by atoms with Crippen LogP contribution in [0.2, 0.25) is 0 Å². The van der Waals surface area contributed by atoms with E-state index in [4.69, 9.17) is 0 Å². The summed E-state index contributed by atoms with van der Waals surface area (Å²) in [5.74, 6) is -1.38. The summed E-state index contributed by atoms with van der Waals surface area (Å²) in [5.41, 5.74) is 0.114. The van der Waals surface area contributed by atoms with Gasteiger partial charge in [-0.25, -0.2) is 13.6 Å². The fourth-order valence-electron chi connectivity index (χ4n) is 1.83. The SMILES string of the molecule is C=CCN1CCN(c2ccc(F)cc2F)C1=O. The molecule has 5 heteroatoms. The quantitative estimate of drug-likeness (QED) is 0.742. The molecule has 1 aliphatic heterocycles. The summed E-state index contributed by atoms with van der Waals surface area (Å²) in [6.07, 6.45) is 1.61. The van der Waals surface area contributed by atoms with Crippen molar-refractivity contribution >= 4 is 11.7 Å². The average molecular weight is 238 g/mol. The molecule has 0 spiro atoms. The zero-order valence-corrected chi connectivity index (χ0v) is 9.20. The first-order chi connectivity index (χ1) is 8.13. The number of urea groups is 1. The summed E-state index contributed by atoms with van der Waals surface area (Å²) in [5, 5.41) is 0. The number of anilines is 1. The zero-order chi connectivity index (χ0) is 12.4. The largest absolute Gasteiger partial charge is 0.324 e. The Morgan fingerprint density at radius 2 is 2.12 bits per heavy atom. The molecule has 90 valence electrons. The zero-order valence-electron chi connectivity index (χ0n) is 9.20. The number of hydrogen-bond donors (Lipinski definition) is 0. The molecule has 0 radical (unpaired) electrons. The van der Waals surface area contributed by atoms with E-state index < -0.39 is 11.6 Å². The number of amides is 2. The van der Waals surface area contributed by atoms with Gasteiger partial charge in [0.05, 0.1) is 5.69 Å². The highest BCUT2D eigenvalue weighted by molar-refractivity contribution is 5.94. The normalized spacial score (nSPS) is 15.5. The summed E-state index contributed by atoms with van der Waals surface area (Å²) in [6, 6.07) is 2.91. The molecule has 0 saturated carbocycles. The van der Waals surface area contributed by atoms with Gasteiger partial charge in [-0.05, 0) is 12.1 Å². The van der Waals surface area contributed by atoms with E-state index in [1.165, 1.54) is 11.0 Å². The second-order valence-electron chi connectivity index (χ2n) is 3.76. The number of halogens is 2. The van der Waals surface area contributed by atoms with Crippen LogP contribution < -0.4 is 4.90 Å². The molecule has 1 aromatic rings. The van der Waals surface area contributed by atoms with Gasteiger partial charge in [0, 0.05) is 25.7 Å². The summed E-state index contributed by atoms with van der Waals surface area (Å²) < 4.78 is 26.3. The predicted octanol–water partition coefficient (Wildman–Crippen LogP) is 2.39. The molecule has 1 aromatic carbocycles. The fourth-order valence-corrected chi connectivity index (χ4v) is 1.83. The Kier molecular flexibility index (Phi) is 3.08. The van der Waals surface area contributed by atoms with Crippen molar-refractivity contribution < 1.29 is 13.6 Å². The van der Waals surface area contributed by atoms with Crippen LogP contribution in [-0.2, 0) is 0 Å². The molecule has 3 nitrogen and oxygen atoms in total. The maximum absolute atomic E-state index is 13.5. The lowest BCUT2D eigenvalue weighted by molar-refractivity contribution is 0.225. The molecule has 0 aromatic heterocycles. The van der Waals surface area contributed by atoms with Gasteiger partial charge < -0.3 is 4.90 Å². The monoisotopic (exact) mass is 238 g/mol. The lowest BCUT2D eigenvalue weighted by Crippen LogP contribution is -2.32. The molecular weight excluding hydrogens is 226 g/mol. The van der Waals surface area contributed by atoms with Crippen LogP contribution >= 0.6 is 0 Å². The van der Waals surface area contributed by atoms with Gasteiger partial charge in [0.25, 0.3) is 0 Å². The smallest absolute Gasteiger partial charge is 0.319 e. The van der Waals surface area contributed by atoms with Crippen LogP contribution in [0.1, 0.15) is 0 Å². The minimum absolute atomic E-state index is 0.114. The molecule has 0 N–H and O–H groups in total. The molecule has 2 rings (SSSR count). The van der Waals surface area contributed by atoms with E-state index in [2.05, 4.69) is 6.58 Å². The van der Waals surface area contributed by atoms with Gasteiger partial charge in [-0.15, -0.1) is 6.58 Å². The van der Waals surface area contributed by atoms with Crippen LogP contribution in [0.5, 0.6) is 0 Å². The third kappa shape index (κ3) is 2.13. The highest BCUT2D eigenvalue weighted by atomic mass is 19.1. The Hall–Kier alpha value is -1.91. The molecule has 0 aliphatic carbocycles. The Morgan fingerprint density at radius 3 is 2.76 bits per heavy atom. The van der Waals surface area contributed by atoms with E-state index in [9.17, 15) is 13.6 Å². The molecule has 0 atom stereocenters. The van der Waals surface area contributed by atoms with Crippen molar-refractivity contribution in [3.63, 3.8) is 0 Å². The number of carbonyl (C=O) groups excluding carboxylic acids is 1. The molecule has 0 bridgehead atoms. The third-order valence-corrected chi connectivity index (χ3v) is 2.64. The Balaban J connectivity index is 2.24. The van der Waals surface area contributed by atoms with Crippen LogP contribution in [-0.4, -0.2) is 30.6 Å². The number of carbonyl (C=O) groups is 1. The maximum atomic E-state index is 13.5. The number of rotatable bonds is 3. The predicted molar refractivity (Wildman–Crippen MR) is 60.9 cm³/mol. The molecule has 1 fully saturated rings. The fraction of sp³-hybridized carbons (Fsp3) is 0.250. The van der Waals surface area contributed by atoms with Crippen LogP contribution in [0.4, 0.5) is 19.3 Å². The van der Waals surface area contributed by atoms with E-state index in [1.54, 1.807) is 11.0 Å². The van der Waals surface area contributed by atoms with Crippen LogP contribution in [0.25, 0.3) is 0 Å². The van der Waals surface area contributed by atoms with Crippen molar-refractivity contribution in [1.29, 1.82) is 0 Å². The van der Waals surface area contributed by atoms with E-state index in [0.717, 1.165) is 12.1 Å². The van der Waals surface area contributed by atoms with Crippen molar-refractivity contribution in [1.82, 2.24) is 4.90 Å². The number of nitrogens with zero attached hydrogens (tertiary/aromatic N) is 2. The molecular formula is C12H12F2N2O. The van der Waals surface area contributed by atoms with Crippen LogP contribution in [0, 0.1) is 11.6 Å². The Labute approximate surface area is 97.9 Å². The lowest BCUT2D eigenvalue weighted by Gasteiger charge is -2.18. The minimum atomic E-state index is -0.723. The molecule has 1 aliphatic rings. The number of hydrogen-bond acceptors (Lipinski definition) is 1. The van der Waals surface area contributed by atoms with Crippen molar-refractivity contribution in [3.05, 3.63) is 42.5 Å². The van der Waals surface area contributed by atoms with Gasteiger partial charge in [0.2, 0.25) is 0 Å². The molecule has 17 heavy (non-hydrogen) atoms. The molecule has 1 saturated heterocycles. The van der Waals surface area contributed by atoms with E-state index in [-0.39, 0.29) is 11.7 Å². The van der Waals surface area contributed by atoms with Gasteiger partial charge in [0.1, 0.15) is 11.6 Å². The second kappa shape index (κ2) is 4.53. The lowest BCUT2D eigenvalue weighted by atomic mass is 10.3. The third-order valence-electron chi connectivity index (χ3n) is 2.64. The van der Waals surface area contributed by atoms with Crippen molar-refractivity contribution in [3.8, 4) is 0 Å². The van der Waals surface area contributed by atoms with Gasteiger partial charge in [-0.2, -0.15) is 0 Å². The first kappa shape index (κ1) is 11.6. The van der Waals surface area contributed by atoms with Gasteiger partial charge in [-0.1, -0.05) is 6.08 Å². The van der Waals surface area contributed by atoms with Crippen LogP contribution in [0.3, 0.4) is 0 Å². The van der Waals surface area contributed by atoms with Crippen molar-refractivity contribution in [2.24, 2.45) is 0 Å². The average Bonchev–Trinajstić information content (AvgIpc) is 2.62. The summed E-state index contributed by atoms with van der Waals surface area (Å²) in [6.45, 7) is 4.89. The summed E-state index contributed by atoms with van der Waals surface area (Å²) >= 11 is 0. The van der Waals surface area contributed by atoms with E-state index in [1.807, 2.05) is 0 Å². The van der Waals surface area contributed by atoms with Crippen molar-refractivity contribution in [2.75, 3.05) is 24.5 Å².